The van der Waals surface area contributed by atoms with Gasteiger partial charge in [0.05, 0.1) is 5.56 Å². The number of piperidine rings is 1. The number of hydrogen-bond donors (Lipinski definition) is 1. The van der Waals surface area contributed by atoms with E-state index in [1.165, 1.54) is 18.3 Å². The van der Waals surface area contributed by atoms with E-state index in [2.05, 4.69) is 22.2 Å². The summed E-state index contributed by atoms with van der Waals surface area (Å²) in [5.41, 5.74) is 0.407. The number of likely N-dealkylation sites (tertiary alicyclic amines) is 1. The largest absolute Gasteiger partial charge is 0.352 e. The van der Waals surface area contributed by atoms with Gasteiger partial charge in [-0.25, -0.2) is 4.98 Å². The molecule has 2 rings (SSSR count). The minimum absolute atomic E-state index is 0.179. The minimum Gasteiger partial charge on any atom is -0.352 e. The van der Waals surface area contributed by atoms with Crippen LogP contribution in [0.5, 0.6) is 0 Å². The Labute approximate surface area is 106 Å². The molecule has 0 saturated carbocycles. The molecule has 0 bridgehead atoms. The van der Waals surface area contributed by atoms with E-state index in [0.717, 1.165) is 25.9 Å². The van der Waals surface area contributed by atoms with Crippen LogP contribution in [0, 0.1) is 11.9 Å². The number of nitrogens with zero attached hydrogens (tertiary/aromatic N) is 2. The average Bonchev–Trinajstić information content (AvgIpc) is 2.38. The van der Waals surface area contributed by atoms with Gasteiger partial charge in [0, 0.05) is 12.7 Å². The first-order chi connectivity index (χ1) is 8.65. The summed E-state index contributed by atoms with van der Waals surface area (Å²) in [7, 11) is 2.11. The molecule has 98 valence electrons. The third kappa shape index (κ3) is 3.50. The number of carbonyl (C=O) groups excluding carboxylic acids is 1. The molecule has 1 amide bonds. The third-order valence-corrected chi connectivity index (χ3v) is 3.38. The van der Waals surface area contributed by atoms with Crippen molar-refractivity contribution in [3.8, 4) is 0 Å². The predicted octanol–water partition coefficient (Wildman–Crippen LogP) is 1.29. The lowest BCUT2D eigenvalue weighted by Gasteiger charge is -2.28. The van der Waals surface area contributed by atoms with E-state index in [1.807, 2.05) is 0 Å². The van der Waals surface area contributed by atoms with Gasteiger partial charge in [-0.2, -0.15) is 4.39 Å². The summed E-state index contributed by atoms with van der Waals surface area (Å²) in [4.78, 5) is 17.5. The van der Waals surface area contributed by atoms with Crippen molar-refractivity contribution in [2.24, 2.45) is 5.92 Å². The first-order valence-corrected chi connectivity index (χ1v) is 6.23. The summed E-state index contributed by atoms with van der Waals surface area (Å²) in [5.74, 6) is -0.207. The van der Waals surface area contributed by atoms with E-state index in [9.17, 15) is 9.18 Å². The second-order valence-electron chi connectivity index (χ2n) is 4.83. The number of pyridine rings is 1. The van der Waals surface area contributed by atoms with Crippen molar-refractivity contribution in [2.75, 3.05) is 26.7 Å². The molecule has 1 saturated heterocycles. The van der Waals surface area contributed by atoms with E-state index in [-0.39, 0.29) is 5.91 Å². The van der Waals surface area contributed by atoms with Crippen molar-refractivity contribution in [3.05, 3.63) is 29.8 Å². The van der Waals surface area contributed by atoms with E-state index >= 15 is 0 Å². The van der Waals surface area contributed by atoms with Crippen molar-refractivity contribution in [1.82, 2.24) is 15.2 Å². The molecule has 5 heteroatoms. The van der Waals surface area contributed by atoms with Gasteiger partial charge in [-0.3, -0.25) is 4.79 Å². The maximum Gasteiger partial charge on any atom is 0.252 e. The first-order valence-electron chi connectivity index (χ1n) is 6.23. The van der Waals surface area contributed by atoms with Gasteiger partial charge in [0.15, 0.2) is 0 Å². The van der Waals surface area contributed by atoms with Crippen molar-refractivity contribution in [2.45, 2.75) is 12.8 Å². The highest BCUT2D eigenvalue weighted by molar-refractivity contribution is 5.93. The first kappa shape index (κ1) is 13.0. The molecule has 1 aromatic rings. The lowest BCUT2D eigenvalue weighted by molar-refractivity contribution is 0.0938. The average molecular weight is 251 g/mol. The fourth-order valence-corrected chi connectivity index (χ4v) is 2.12. The maximum absolute atomic E-state index is 12.6. The summed E-state index contributed by atoms with van der Waals surface area (Å²) in [5, 5.41) is 2.88. The molecule has 0 radical (unpaired) electrons. The maximum atomic E-state index is 12.6. The van der Waals surface area contributed by atoms with Gasteiger partial charge in [0.25, 0.3) is 5.91 Å². The van der Waals surface area contributed by atoms with Crippen molar-refractivity contribution < 1.29 is 9.18 Å². The number of nitrogens with one attached hydrogen (secondary N) is 1. The van der Waals surface area contributed by atoms with Gasteiger partial charge < -0.3 is 10.2 Å². The molecule has 4 nitrogen and oxygen atoms in total. The highest BCUT2D eigenvalue weighted by Gasteiger charge is 2.17. The van der Waals surface area contributed by atoms with Crippen LogP contribution in [0.15, 0.2) is 18.3 Å². The van der Waals surface area contributed by atoms with E-state index < -0.39 is 5.95 Å². The van der Waals surface area contributed by atoms with Gasteiger partial charge in [0.2, 0.25) is 5.95 Å². The van der Waals surface area contributed by atoms with Gasteiger partial charge in [-0.05, 0) is 51.0 Å². The minimum atomic E-state index is -0.568. The van der Waals surface area contributed by atoms with Crippen molar-refractivity contribution in [1.29, 1.82) is 0 Å². The van der Waals surface area contributed by atoms with Crippen LogP contribution >= 0.6 is 0 Å². The number of carbonyl (C=O) groups is 1. The number of amides is 1. The number of halogens is 1. The van der Waals surface area contributed by atoms with Gasteiger partial charge in [-0.15, -0.1) is 0 Å². The van der Waals surface area contributed by atoms with Gasteiger partial charge in [-0.1, -0.05) is 0 Å². The Morgan fingerprint density at radius 2 is 2.22 bits per heavy atom. The zero-order valence-corrected chi connectivity index (χ0v) is 10.5. The molecule has 1 aromatic heterocycles. The SMILES string of the molecule is CN1CCC(CNC(=O)c2ccc(F)nc2)CC1. The molecular formula is C13H18FN3O. The molecule has 18 heavy (non-hydrogen) atoms. The molecule has 1 fully saturated rings. The monoisotopic (exact) mass is 251 g/mol. The smallest absolute Gasteiger partial charge is 0.252 e. The third-order valence-electron chi connectivity index (χ3n) is 3.38. The van der Waals surface area contributed by atoms with Gasteiger partial charge in [0.1, 0.15) is 0 Å². The Bertz CT molecular complexity index is 399. The van der Waals surface area contributed by atoms with Crippen LogP contribution in [0.3, 0.4) is 0 Å². The number of aromatic nitrogens is 1. The van der Waals surface area contributed by atoms with E-state index in [0.29, 0.717) is 18.0 Å². The van der Waals surface area contributed by atoms with Crippen LogP contribution in [-0.4, -0.2) is 42.5 Å². The predicted molar refractivity (Wildman–Crippen MR) is 66.7 cm³/mol. The summed E-state index contributed by atoms with van der Waals surface area (Å²) < 4.78 is 12.6. The van der Waals surface area contributed by atoms with Crippen LogP contribution in [0.1, 0.15) is 23.2 Å². The van der Waals surface area contributed by atoms with E-state index in [1.54, 1.807) is 0 Å². The Morgan fingerprint density at radius 1 is 1.50 bits per heavy atom. The Kier molecular flexibility index (Phi) is 4.25. The summed E-state index contributed by atoms with van der Waals surface area (Å²) >= 11 is 0. The van der Waals surface area contributed by atoms with E-state index in [4.69, 9.17) is 0 Å². The molecule has 0 spiro atoms. The van der Waals surface area contributed by atoms with Crippen LogP contribution in [0.2, 0.25) is 0 Å². The highest BCUT2D eigenvalue weighted by Crippen LogP contribution is 2.14. The fourth-order valence-electron chi connectivity index (χ4n) is 2.12. The van der Waals surface area contributed by atoms with Crippen LogP contribution < -0.4 is 5.32 Å². The van der Waals surface area contributed by atoms with Crippen LogP contribution in [0.25, 0.3) is 0 Å². The molecule has 1 aliphatic heterocycles. The second-order valence-corrected chi connectivity index (χ2v) is 4.83. The van der Waals surface area contributed by atoms with Gasteiger partial charge >= 0.3 is 0 Å². The van der Waals surface area contributed by atoms with Crippen LogP contribution in [-0.2, 0) is 0 Å². The Balaban J connectivity index is 1.79. The molecule has 0 atom stereocenters. The zero-order chi connectivity index (χ0) is 13.0. The fraction of sp³-hybridized carbons (Fsp3) is 0.538. The quantitative estimate of drug-likeness (QED) is 0.823. The molecular weight excluding hydrogens is 233 g/mol. The van der Waals surface area contributed by atoms with Crippen molar-refractivity contribution >= 4 is 5.91 Å². The standard InChI is InChI=1S/C13H18FN3O/c1-17-6-4-10(5-7-17)8-16-13(18)11-2-3-12(14)15-9-11/h2-3,9-10H,4-8H2,1H3,(H,16,18). The number of rotatable bonds is 3. The molecule has 1 N–H and O–H groups in total. The lowest BCUT2D eigenvalue weighted by Crippen LogP contribution is -2.36. The highest BCUT2D eigenvalue weighted by atomic mass is 19.1. The lowest BCUT2D eigenvalue weighted by atomic mass is 9.97. The van der Waals surface area contributed by atoms with Crippen molar-refractivity contribution in [3.63, 3.8) is 0 Å². The molecule has 0 aliphatic carbocycles. The molecule has 2 heterocycles. The van der Waals surface area contributed by atoms with Crippen LogP contribution in [0.4, 0.5) is 4.39 Å². The molecule has 0 aromatic carbocycles. The molecule has 0 unspecified atom stereocenters. The summed E-state index contributed by atoms with van der Waals surface area (Å²) in [6.07, 6.45) is 3.48. The Hall–Kier alpha value is -1.49. The normalized spacial score (nSPS) is 17.7. The summed E-state index contributed by atoms with van der Waals surface area (Å²) in [6.45, 7) is 2.85. The second kappa shape index (κ2) is 5.91. The zero-order valence-electron chi connectivity index (χ0n) is 10.5. The molecule has 1 aliphatic rings. The number of hydrogen-bond acceptors (Lipinski definition) is 3. The Morgan fingerprint density at radius 3 is 2.83 bits per heavy atom. The summed E-state index contributed by atoms with van der Waals surface area (Å²) in [6, 6.07) is 2.65. The topological polar surface area (TPSA) is 45.2 Å².